The summed E-state index contributed by atoms with van der Waals surface area (Å²) in [5.74, 6) is 1.49. The molecule has 1 aromatic carbocycles. The van der Waals surface area contributed by atoms with Gasteiger partial charge in [0, 0.05) is 11.5 Å². The summed E-state index contributed by atoms with van der Waals surface area (Å²) in [7, 11) is 0. The van der Waals surface area contributed by atoms with Gasteiger partial charge in [-0.25, -0.2) is 0 Å². The molecule has 2 heterocycles. The molecule has 1 aliphatic rings. The van der Waals surface area contributed by atoms with E-state index in [-0.39, 0.29) is 30.7 Å². The van der Waals surface area contributed by atoms with Crippen molar-refractivity contribution >= 4 is 18.2 Å². The van der Waals surface area contributed by atoms with Crippen LogP contribution in [-0.2, 0) is 13.1 Å². The van der Waals surface area contributed by atoms with E-state index in [1.54, 1.807) is 0 Å². The van der Waals surface area contributed by atoms with Crippen LogP contribution in [0.15, 0.2) is 34.9 Å². The fraction of sp³-hybridized carbons (Fsp3) is 0.438. The second kappa shape index (κ2) is 8.19. The van der Waals surface area contributed by atoms with Crippen LogP contribution in [0.3, 0.4) is 0 Å². The number of hydrogen-bond donors (Lipinski definition) is 1. The highest BCUT2D eigenvalue weighted by Crippen LogP contribution is 2.22. The number of nitrogens with two attached hydrogens (primary N) is 1. The molecule has 1 fully saturated rings. The molecule has 2 aromatic rings. The average molecular weight is 337 g/mol. The Kier molecular flexibility index (Phi) is 6.27. The monoisotopic (exact) mass is 336 g/mol. The minimum Gasteiger partial charge on any atom is -0.338 e. The Balaban J connectivity index is 0.00000192. The molecule has 0 amide bonds. The first kappa shape index (κ1) is 17.6. The van der Waals surface area contributed by atoms with Gasteiger partial charge in [0.15, 0.2) is 11.6 Å². The zero-order valence-corrected chi connectivity index (χ0v) is 13.7. The summed E-state index contributed by atoms with van der Waals surface area (Å²) in [6.07, 6.45) is 1.74. The van der Waals surface area contributed by atoms with Crippen molar-refractivity contribution in [3.63, 3.8) is 0 Å². The molecule has 0 aliphatic carbocycles. The Bertz CT molecular complexity index is 624. The van der Waals surface area contributed by atoms with Gasteiger partial charge in [-0.2, -0.15) is 4.98 Å². The summed E-state index contributed by atoms with van der Waals surface area (Å²) in [5.41, 5.74) is 6.27. The molecule has 0 atom stereocenters. The lowest BCUT2D eigenvalue weighted by Crippen LogP contribution is -2.36. The van der Waals surface area contributed by atoms with Crippen LogP contribution in [0.1, 0.15) is 34.9 Å². The fourth-order valence-electron chi connectivity index (χ4n) is 2.83. The van der Waals surface area contributed by atoms with Crippen LogP contribution in [0.4, 0.5) is 0 Å². The number of rotatable bonds is 5. The second-order valence-corrected chi connectivity index (χ2v) is 5.59. The maximum absolute atomic E-state index is 12.4. The van der Waals surface area contributed by atoms with Crippen molar-refractivity contribution in [3.05, 3.63) is 47.6 Å². The summed E-state index contributed by atoms with van der Waals surface area (Å²) in [6.45, 7) is 2.65. The molecule has 7 heteroatoms. The van der Waals surface area contributed by atoms with E-state index in [1.807, 2.05) is 30.3 Å². The van der Waals surface area contributed by atoms with Crippen molar-refractivity contribution < 1.29 is 9.32 Å². The summed E-state index contributed by atoms with van der Waals surface area (Å²) in [5, 5.41) is 3.91. The number of halogens is 1. The smallest absolute Gasteiger partial charge is 0.240 e. The molecule has 23 heavy (non-hydrogen) atoms. The number of aromatic nitrogens is 2. The van der Waals surface area contributed by atoms with E-state index in [1.165, 1.54) is 0 Å². The Morgan fingerprint density at radius 3 is 2.57 bits per heavy atom. The predicted molar refractivity (Wildman–Crippen MR) is 88.2 cm³/mol. The van der Waals surface area contributed by atoms with Crippen LogP contribution in [0.2, 0.25) is 0 Å². The van der Waals surface area contributed by atoms with Crippen molar-refractivity contribution in [3.8, 4) is 0 Å². The molecule has 1 aromatic heterocycles. The first-order valence-electron chi connectivity index (χ1n) is 7.59. The standard InChI is InChI=1S/C16H20N4O2.ClH/c17-10-15-18-14(19-22-15)11-20-8-6-13(7-9-20)16(21)12-4-2-1-3-5-12;/h1-5,13H,6-11,17H2;1H. The number of benzene rings is 1. The summed E-state index contributed by atoms with van der Waals surface area (Å²) in [4.78, 5) is 18.9. The predicted octanol–water partition coefficient (Wildman–Crippen LogP) is 2.04. The van der Waals surface area contributed by atoms with Gasteiger partial charge in [0.2, 0.25) is 5.89 Å². The number of Topliss-reactive ketones (excluding diaryl/α,β-unsaturated/α-hetero) is 1. The number of carbonyl (C=O) groups is 1. The quantitative estimate of drug-likeness (QED) is 0.841. The molecule has 0 saturated carbocycles. The zero-order chi connectivity index (χ0) is 15.4. The molecule has 124 valence electrons. The highest BCUT2D eigenvalue weighted by Gasteiger charge is 2.26. The van der Waals surface area contributed by atoms with Crippen molar-refractivity contribution in [1.29, 1.82) is 0 Å². The average Bonchev–Trinajstić information content (AvgIpc) is 3.03. The van der Waals surface area contributed by atoms with Gasteiger partial charge in [-0.1, -0.05) is 35.5 Å². The van der Waals surface area contributed by atoms with Crippen molar-refractivity contribution in [2.45, 2.75) is 25.9 Å². The van der Waals surface area contributed by atoms with Crippen LogP contribution in [0.25, 0.3) is 0 Å². The van der Waals surface area contributed by atoms with Gasteiger partial charge >= 0.3 is 0 Å². The largest absolute Gasteiger partial charge is 0.338 e. The molecule has 0 radical (unpaired) electrons. The maximum atomic E-state index is 12.4. The lowest BCUT2D eigenvalue weighted by atomic mass is 9.89. The van der Waals surface area contributed by atoms with E-state index in [9.17, 15) is 4.79 Å². The Hall–Kier alpha value is -1.76. The third-order valence-electron chi connectivity index (χ3n) is 4.07. The highest BCUT2D eigenvalue weighted by atomic mass is 35.5. The third kappa shape index (κ3) is 4.37. The first-order valence-corrected chi connectivity index (χ1v) is 7.59. The number of nitrogens with zero attached hydrogens (tertiary/aromatic N) is 3. The molecule has 0 bridgehead atoms. The third-order valence-corrected chi connectivity index (χ3v) is 4.07. The van der Waals surface area contributed by atoms with E-state index < -0.39 is 0 Å². The summed E-state index contributed by atoms with van der Waals surface area (Å²) < 4.78 is 5.01. The molecule has 0 spiro atoms. The lowest BCUT2D eigenvalue weighted by Gasteiger charge is -2.30. The Morgan fingerprint density at radius 2 is 1.96 bits per heavy atom. The normalized spacial score (nSPS) is 16.0. The molecule has 3 rings (SSSR count). The molecule has 1 saturated heterocycles. The first-order chi connectivity index (χ1) is 10.8. The highest BCUT2D eigenvalue weighted by molar-refractivity contribution is 5.97. The number of ketones is 1. The lowest BCUT2D eigenvalue weighted by molar-refractivity contribution is 0.0832. The van der Waals surface area contributed by atoms with Crippen molar-refractivity contribution in [2.75, 3.05) is 13.1 Å². The van der Waals surface area contributed by atoms with Gasteiger partial charge < -0.3 is 10.3 Å². The van der Waals surface area contributed by atoms with E-state index in [0.29, 0.717) is 18.3 Å². The van der Waals surface area contributed by atoms with Crippen LogP contribution in [-0.4, -0.2) is 33.9 Å². The topological polar surface area (TPSA) is 85.2 Å². The molecule has 6 nitrogen and oxygen atoms in total. The van der Waals surface area contributed by atoms with Gasteiger partial charge in [0.25, 0.3) is 0 Å². The van der Waals surface area contributed by atoms with Crippen LogP contribution < -0.4 is 5.73 Å². The number of piperidine rings is 1. The zero-order valence-electron chi connectivity index (χ0n) is 12.9. The van der Waals surface area contributed by atoms with E-state index in [2.05, 4.69) is 15.0 Å². The van der Waals surface area contributed by atoms with Gasteiger partial charge in [0.1, 0.15) is 0 Å². The van der Waals surface area contributed by atoms with Gasteiger partial charge in [-0.15, -0.1) is 12.4 Å². The molecule has 2 N–H and O–H groups in total. The minimum absolute atomic E-state index is 0. The van der Waals surface area contributed by atoms with Crippen molar-refractivity contribution in [1.82, 2.24) is 15.0 Å². The Morgan fingerprint density at radius 1 is 1.26 bits per heavy atom. The number of carbonyl (C=O) groups excluding carboxylic acids is 1. The molecule has 1 aliphatic heterocycles. The van der Waals surface area contributed by atoms with Gasteiger partial charge in [-0.05, 0) is 25.9 Å². The summed E-state index contributed by atoms with van der Waals surface area (Å²) >= 11 is 0. The fourth-order valence-corrected chi connectivity index (χ4v) is 2.83. The van der Waals surface area contributed by atoms with Gasteiger partial charge in [0.05, 0.1) is 13.1 Å². The minimum atomic E-state index is 0. The Labute approximate surface area is 141 Å². The van der Waals surface area contributed by atoms with E-state index in [0.717, 1.165) is 31.5 Å². The van der Waals surface area contributed by atoms with E-state index >= 15 is 0 Å². The van der Waals surface area contributed by atoms with Crippen molar-refractivity contribution in [2.24, 2.45) is 11.7 Å². The van der Waals surface area contributed by atoms with Crippen LogP contribution >= 0.6 is 12.4 Å². The second-order valence-electron chi connectivity index (χ2n) is 5.59. The van der Waals surface area contributed by atoms with Gasteiger partial charge in [-0.3, -0.25) is 9.69 Å². The number of likely N-dealkylation sites (tertiary alicyclic amines) is 1. The molecular formula is C16H21ClN4O2. The maximum Gasteiger partial charge on any atom is 0.240 e. The number of hydrogen-bond acceptors (Lipinski definition) is 6. The molecule has 0 unspecified atom stereocenters. The summed E-state index contributed by atoms with van der Waals surface area (Å²) in [6, 6.07) is 9.53. The van der Waals surface area contributed by atoms with Crippen LogP contribution in [0.5, 0.6) is 0 Å². The van der Waals surface area contributed by atoms with Crippen LogP contribution in [0, 0.1) is 5.92 Å². The SMILES string of the molecule is Cl.NCc1nc(CN2CCC(C(=O)c3ccccc3)CC2)no1. The van der Waals surface area contributed by atoms with E-state index in [4.69, 9.17) is 10.3 Å². The molecular weight excluding hydrogens is 316 g/mol.